The van der Waals surface area contributed by atoms with Crippen LogP contribution in [0.4, 0.5) is 5.69 Å². The molecule has 0 aliphatic carbocycles. The standard InChI is InChI=1S/C11H15ClN2O.C2H4O2/c1-7(2)10(13)11(15)14-9-5-3-8(12)4-6-9;1-2(3)4/h3-7,10H,13H2,1-2H3,(H,14,15);1H3,(H,3,4)/t10-;/m0./s1. The summed E-state index contributed by atoms with van der Waals surface area (Å²) in [5.41, 5.74) is 4.56. The highest BCUT2D eigenvalue weighted by Gasteiger charge is 2.20. The van der Waals surface area contributed by atoms with Crippen LogP contribution in [-0.4, -0.2) is 17.9 Å². The molecule has 1 rings (SSSR count). The van der Waals surface area contributed by atoms with Crippen LogP contribution >= 0.6 is 11.6 Å². The molecule has 19 heavy (non-hydrogen) atoms. The Morgan fingerprint density at radius 1 is 1.26 bits per heavy atom. The van der Waals surface area contributed by atoms with Gasteiger partial charge in [-0.25, -0.2) is 0 Å². The molecule has 0 spiro atoms. The number of anilines is 1. The van der Waals surface area contributed by atoms with Crippen molar-refractivity contribution in [3.05, 3.63) is 29.3 Å². The lowest BCUT2D eigenvalue weighted by atomic mass is 10.1. The van der Waals surface area contributed by atoms with Gasteiger partial charge in [0.25, 0.3) is 5.91 Å². The van der Waals surface area contributed by atoms with Gasteiger partial charge in [0.15, 0.2) is 6.04 Å². The van der Waals surface area contributed by atoms with Gasteiger partial charge < -0.3 is 21.0 Å². The molecule has 0 heterocycles. The number of carboxylic acid groups (broad SMARTS) is 1. The number of nitrogens with one attached hydrogen (secondary N) is 1. The smallest absolute Gasteiger partial charge is 0.282 e. The highest BCUT2D eigenvalue weighted by Crippen LogP contribution is 2.13. The van der Waals surface area contributed by atoms with Crippen molar-refractivity contribution >= 4 is 29.2 Å². The zero-order chi connectivity index (χ0) is 15.0. The summed E-state index contributed by atoms with van der Waals surface area (Å²) in [5, 5.41) is 12.3. The van der Waals surface area contributed by atoms with Crippen LogP contribution in [0.2, 0.25) is 5.02 Å². The first-order chi connectivity index (χ1) is 8.73. The fraction of sp³-hybridized carbons (Fsp3) is 0.385. The van der Waals surface area contributed by atoms with Gasteiger partial charge in [-0.05, 0) is 31.2 Å². The van der Waals surface area contributed by atoms with E-state index in [1.165, 1.54) is 0 Å². The first kappa shape index (κ1) is 17.4. The van der Waals surface area contributed by atoms with E-state index in [1.807, 2.05) is 13.8 Å². The van der Waals surface area contributed by atoms with Crippen LogP contribution in [0.15, 0.2) is 24.3 Å². The van der Waals surface area contributed by atoms with Crippen LogP contribution < -0.4 is 16.2 Å². The topological polar surface area (TPSA) is 96.9 Å². The largest absolute Gasteiger partial charge is 0.550 e. The maximum Gasteiger partial charge on any atom is 0.282 e. The zero-order valence-corrected chi connectivity index (χ0v) is 12.0. The Bertz CT molecular complexity index is 414. The predicted octanol–water partition coefficient (Wildman–Crippen LogP) is 0.301. The first-order valence-electron chi connectivity index (χ1n) is 5.81. The summed E-state index contributed by atoms with van der Waals surface area (Å²) in [7, 11) is 0. The van der Waals surface area contributed by atoms with Crippen molar-refractivity contribution in [2.75, 3.05) is 5.32 Å². The molecule has 0 radical (unpaired) electrons. The SMILES string of the molecule is CC(=O)[O-].CC(C)[C@H]([NH3+])C(=O)Nc1ccc(Cl)cc1. The van der Waals surface area contributed by atoms with Crippen LogP contribution in [0.5, 0.6) is 0 Å². The molecule has 1 atom stereocenters. The maximum atomic E-state index is 11.6. The van der Waals surface area contributed by atoms with Crippen molar-refractivity contribution in [3.63, 3.8) is 0 Å². The lowest BCUT2D eigenvalue weighted by Gasteiger charge is -2.12. The summed E-state index contributed by atoms with van der Waals surface area (Å²) < 4.78 is 0. The van der Waals surface area contributed by atoms with Gasteiger partial charge in [-0.15, -0.1) is 0 Å². The van der Waals surface area contributed by atoms with Crippen LogP contribution in [-0.2, 0) is 9.59 Å². The predicted molar refractivity (Wildman–Crippen MR) is 72.3 cm³/mol. The number of hydrogen-bond donors (Lipinski definition) is 2. The maximum absolute atomic E-state index is 11.6. The normalized spacial score (nSPS) is 11.3. The van der Waals surface area contributed by atoms with Gasteiger partial charge in [-0.3, -0.25) is 4.79 Å². The molecule has 0 aliphatic heterocycles. The van der Waals surface area contributed by atoms with Crippen molar-refractivity contribution in [3.8, 4) is 0 Å². The Kier molecular flexibility index (Phi) is 7.79. The summed E-state index contributed by atoms with van der Waals surface area (Å²) in [6.45, 7) is 4.91. The number of quaternary nitrogens is 1. The molecule has 0 saturated carbocycles. The second-order valence-corrected chi connectivity index (χ2v) is 4.77. The molecule has 1 amide bonds. The van der Waals surface area contributed by atoms with Gasteiger partial charge in [-0.1, -0.05) is 25.4 Å². The van der Waals surface area contributed by atoms with Crippen molar-refractivity contribution in [2.24, 2.45) is 5.92 Å². The minimum absolute atomic E-state index is 0.0627. The number of amides is 1. The Labute approximate surface area is 117 Å². The van der Waals surface area contributed by atoms with E-state index in [-0.39, 0.29) is 17.9 Å². The van der Waals surface area contributed by atoms with Gasteiger partial charge in [0, 0.05) is 22.6 Å². The summed E-state index contributed by atoms with van der Waals surface area (Å²) in [6.07, 6.45) is 0. The molecule has 0 aromatic heterocycles. The molecule has 6 heteroatoms. The second kappa shape index (κ2) is 8.50. The first-order valence-corrected chi connectivity index (χ1v) is 6.19. The number of halogens is 1. The van der Waals surface area contributed by atoms with E-state index in [0.717, 1.165) is 12.6 Å². The number of carbonyl (C=O) groups excluding carboxylic acids is 2. The molecule has 1 aromatic rings. The van der Waals surface area contributed by atoms with E-state index in [1.54, 1.807) is 24.3 Å². The zero-order valence-electron chi connectivity index (χ0n) is 11.3. The quantitative estimate of drug-likeness (QED) is 0.836. The van der Waals surface area contributed by atoms with E-state index in [2.05, 4.69) is 11.1 Å². The Morgan fingerprint density at radius 3 is 2.05 bits per heavy atom. The second-order valence-electron chi connectivity index (χ2n) is 4.34. The lowest BCUT2D eigenvalue weighted by molar-refractivity contribution is -0.412. The Hall–Kier alpha value is -1.59. The molecule has 0 saturated heterocycles. The van der Waals surface area contributed by atoms with E-state index in [4.69, 9.17) is 21.5 Å². The third-order valence-electron chi connectivity index (χ3n) is 2.25. The van der Waals surface area contributed by atoms with Gasteiger partial charge in [0.2, 0.25) is 0 Å². The van der Waals surface area contributed by atoms with Crippen molar-refractivity contribution in [1.82, 2.24) is 0 Å². The molecule has 0 unspecified atom stereocenters. The summed E-state index contributed by atoms with van der Waals surface area (Å²) in [4.78, 5) is 20.5. The number of rotatable bonds is 3. The molecule has 1 aromatic carbocycles. The van der Waals surface area contributed by atoms with Crippen LogP contribution in [0, 0.1) is 5.92 Å². The number of aliphatic carboxylic acids is 1. The van der Waals surface area contributed by atoms with Crippen molar-refractivity contribution in [2.45, 2.75) is 26.8 Å². The Morgan fingerprint density at radius 2 is 1.68 bits per heavy atom. The van der Waals surface area contributed by atoms with Crippen LogP contribution in [0.1, 0.15) is 20.8 Å². The molecule has 4 N–H and O–H groups in total. The number of benzene rings is 1. The summed E-state index contributed by atoms with van der Waals surface area (Å²) in [5.74, 6) is -0.912. The molecule has 0 fully saturated rings. The highest BCUT2D eigenvalue weighted by molar-refractivity contribution is 6.30. The van der Waals surface area contributed by atoms with Gasteiger partial charge in [0.05, 0.1) is 0 Å². The van der Waals surface area contributed by atoms with Gasteiger partial charge in [-0.2, -0.15) is 0 Å². The minimum atomic E-state index is -1.08. The average molecular weight is 287 g/mol. The fourth-order valence-corrected chi connectivity index (χ4v) is 1.20. The van der Waals surface area contributed by atoms with Crippen LogP contribution in [0.25, 0.3) is 0 Å². The molecule has 5 nitrogen and oxygen atoms in total. The summed E-state index contributed by atoms with van der Waals surface area (Å²) in [6, 6.07) is 6.79. The lowest BCUT2D eigenvalue weighted by Crippen LogP contribution is -2.68. The Balaban J connectivity index is 0.000000711. The number of hydrogen-bond acceptors (Lipinski definition) is 3. The van der Waals surface area contributed by atoms with E-state index < -0.39 is 5.97 Å². The summed E-state index contributed by atoms with van der Waals surface area (Å²) >= 11 is 5.74. The van der Waals surface area contributed by atoms with E-state index >= 15 is 0 Å². The average Bonchev–Trinajstić information content (AvgIpc) is 2.30. The molecule has 0 bridgehead atoms. The molecule has 0 aliphatic rings. The highest BCUT2D eigenvalue weighted by atomic mass is 35.5. The van der Waals surface area contributed by atoms with E-state index in [9.17, 15) is 4.79 Å². The molecule has 106 valence electrons. The minimum Gasteiger partial charge on any atom is -0.550 e. The fourth-order valence-electron chi connectivity index (χ4n) is 1.07. The number of carbonyl (C=O) groups is 2. The molecular weight excluding hydrogens is 268 g/mol. The van der Waals surface area contributed by atoms with Gasteiger partial charge >= 0.3 is 0 Å². The third kappa shape index (κ3) is 8.18. The van der Waals surface area contributed by atoms with Crippen molar-refractivity contribution in [1.29, 1.82) is 0 Å². The van der Waals surface area contributed by atoms with E-state index in [0.29, 0.717) is 5.02 Å². The van der Waals surface area contributed by atoms with Crippen LogP contribution in [0.3, 0.4) is 0 Å². The van der Waals surface area contributed by atoms with Crippen molar-refractivity contribution < 1.29 is 20.4 Å². The monoisotopic (exact) mass is 286 g/mol. The third-order valence-corrected chi connectivity index (χ3v) is 2.51. The van der Waals surface area contributed by atoms with Gasteiger partial charge in [0.1, 0.15) is 0 Å². The number of carboxylic acids is 1. The molecular formula is C13H19ClN2O3.